The van der Waals surface area contributed by atoms with Gasteiger partial charge in [0.25, 0.3) is 5.91 Å². The summed E-state index contributed by atoms with van der Waals surface area (Å²) in [5, 5.41) is 11.4. The van der Waals surface area contributed by atoms with E-state index in [0.717, 1.165) is 18.2 Å². The molecule has 3 aromatic carbocycles. The molecule has 1 saturated carbocycles. The van der Waals surface area contributed by atoms with Crippen LogP contribution in [0.3, 0.4) is 0 Å². The first kappa shape index (κ1) is 28.6. The molecule has 0 radical (unpaired) electrons. The number of amides is 1. The van der Waals surface area contributed by atoms with E-state index < -0.39 is 38.5 Å². The van der Waals surface area contributed by atoms with Crippen molar-refractivity contribution in [2.75, 3.05) is 6.54 Å². The molecule has 1 aliphatic carbocycles. The van der Waals surface area contributed by atoms with Crippen LogP contribution in [-0.4, -0.2) is 53.7 Å². The lowest BCUT2D eigenvalue weighted by atomic mass is 9.71. The number of piperidine rings is 1. The number of likely N-dealkylation sites (tertiary alicyclic amines) is 1. The number of carbonyl (C=O) groups excluding carboxylic acids is 1. The lowest BCUT2D eigenvalue weighted by Crippen LogP contribution is -2.66. The predicted octanol–water partition coefficient (Wildman–Crippen LogP) is 2.91. The maximum atomic E-state index is 14.5. The topological polar surface area (TPSA) is 182 Å². The smallest absolute Gasteiger partial charge is 0.306 e. The lowest BCUT2D eigenvalue weighted by Gasteiger charge is -2.48. The number of guanidine groups is 1. The highest BCUT2D eigenvalue weighted by molar-refractivity contribution is 7.93. The summed E-state index contributed by atoms with van der Waals surface area (Å²) in [4.78, 5) is 29.7. The fourth-order valence-corrected chi connectivity index (χ4v) is 8.13. The lowest BCUT2D eigenvalue weighted by molar-refractivity contribution is -0.154. The Labute approximate surface area is 239 Å². The monoisotopic (exact) mass is 577 g/mol. The second-order valence-corrected chi connectivity index (χ2v) is 13.2. The zero-order valence-electron chi connectivity index (χ0n) is 22.6. The Morgan fingerprint density at radius 2 is 1.68 bits per heavy atom. The number of hydrogen-bond acceptors (Lipinski definition) is 6. The van der Waals surface area contributed by atoms with Crippen LogP contribution in [0, 0.1) is 11.8 Å². The van der Waals surface area contributed by atoms with E-state index in [0.29, 0.717) is 29.5 Å². The van der Waals surface area contributed by atoms with Gasteiger partial charge in [-0.15, -0.1) is 0 Å². The Morgan fingerprint density at radius 3 is 2.41 bits per heavy atom. The molecule has 5 rings (SSSR count). The SMILES string of the molecule is NC(N)=Nc1cccc(C[C@](N)(C(=O)N2CCC(C(=O)O)C3CCCCC32)S(=O)(=O)c2ccc3ccccc3c2)c1. The summed E-state index contributed by atoms with van der Waals surface area (Å²) in [6.45, 7) is 0.122. The first-order valence-corrected chi connectivity index (χ1v) is 15.2. The third kappa shape index (κ3) is 5.39. The van der Waals surface area contributed by atoms with Crippen LogP contribution in [0.1, 0.15) is 37.7 Å². The second kappa shape index (κ2) is 11.1. The van der Waals surface area contributed by atoms with Crippen molar-refractivity contribution in [3.8, 4) is 0 Å². The minimum Gasteiger partial charge on any atom is -0.481 e. The van der Waals surface area contributed by atoms with E-state index >= 15 is 0 Å². The van der Waals surface area contributed by atoms with Crippen molar-refractivity contribution < 1.29 is 23.1 Å². The Bertz CT molecular complexity index is 1620. The molecule has 1 amide bonds. The van der Waals surface area contributed by atoms with Gasteiger partial charge in [-0.1, -0.05) is 55.3 Å². The molecule has 3 aromatic rings. The molecule has 2 aliphatic rings. The molecule has 1 aliphatic heterocycles. The highest BCUT2D eigenvalue weighted by atomic mass is 32.2. The fraction of sp³-hybridized carbons (Fsp3) is 0.367. The number of carbonyl (C=O) groups is 2. The van der Waals surface area contributed by atoms with Gasteiger partial charge in [0.1, 0.15) is 0 Å². The van der Waals surface area contributed by atoms with Crippen LogP contribution in [-0.2, 0) is 25.8 Å². The van der Waals surface area contributed by atoms with Crippen molar-refractivity contribution in [2.45, 2.75) is 54.3 Å². The van der Waals surface area contributed by atoms with Gasteiger partial charge in [-0.25, -0.2) is 13.4 Å². The first-order valence-electron chi connectivity index (χ1n) is 13.8. The van der Waals surface area contributed by atoms with Crippen LogP contribution in [0.25, 0.3) is 10.8 Å². The van der Waals surface area contributed by atoms with Crippen LogP contribution >= 0.6 is 0 Å². The van der Waals surface area contributed by atoms with Crippen molar-refractivity contribution in [3.63, 3.8) is 0 Å². The fourth-order valence-electron chi connectivity index (χ4n) is 6.47. The van der Waals surface area contributed by atoms with Crippen molar-refractivity contribution >= 4 is 44.1 Å². The number of hydrogen-bond donors (Lipinski definition) is 4. The van der Waals surface area contributed by atoms with Crippen LogP contribution in [0.5, 0.6) is 0 Å². The molecule has 0 aromatic heterocycles. The Morgan fingerprint density at radius 1 is 0.951 bits per heavy atom. The average molecular weight is 578 g/mol. The second-order valence-electron chi connectivity index (χ2n) is 11.0. The van der Waals surface area contributed by atoms with E-state index in [1.807, 2.05) is 18.2 Å². The van der Waals surface area contributed by atoms with E-state index in [1.165, 1.54) is 12.1 Å². The largest absolute Gasteiger partial charge is 0.481 e. The highest BCUT2D eigenvalue weighted by Gasteiger charge is 2.54. The van der Waals surface area contributed by atoms with Crippen LogP contribution < -0.4 is 17.2 Å². The minimum absolute atomic E-state index is 0.0620. The van der Waals surface area contributed by atoms with Crippen LogP contribution in [0.4, 0.5) is 5.69 Å². The van der Waals surface area contributed by atoms with E-state index in [9.17, 15) is 23.1 Å². The highest BCUT2D eigenvalue weighted by Crippen LogP contribution is 2.41. The Balaban J connectivity index is 1.60. The zero-order valence-corrected chi connectivity index (χ0v) is 23.5. The molecule has 10 nitrogen and oxygen atoms in total. The number of carboxylic acid groups (broad SMARTS) is 1. The third-order valence-electron chi connectivity index (χ3n) is 8.47. The summed E-state index contributed by atoms with van der Waals surface area (Å²) >= 11 is 0. The van der Waals surface area contributed by atoms with Gasteiger partial charge < -0.3 is 27.2 Å². The molecule has 41 heavy (non-hydrogen) atoms. The van der Waals surface area contributed by atoms with E-state index in [-0.39, 0.29) is 36.2 Å². The Kier molecular flexibility index (Phi) is 7.76. The van der Waals surface area contributed by atoms with Crippen molar-refractivity contribution in [2.24, 2.45) is 34.0 Å². The molecule has 4 atom stereocenters. The van der Waals surface area contributed by atoms with Crippen molar-refractivity contribution in [1.82, 2.24) is 4.90 Å². The summed E-state index contributed by atoms with van der Waals surface area (Å²) in [6, 6.07) is 18.3. The van der Waals surface area contributed by atoms with Gasteiger partial charge in [-0.2, -0.15) is 0 Å². The first-order chi connectivity index (χ1) is 19.5. The molecule has 7 N–H and O–H groups in total. The molecule has 1 saturated heterocycles. The van der Waals surface area contributed by atoms with Gasteiger partial charge in [-0.3, -0.25) is 9.59 Å². The van der Waals surface area contributed by atoms with Gasteiger partial charge in [0.05, 0.1) is 16.5 Å². The van der Waals surface area contributed by atoms with Gasteiger partial charge in [0, 0.05) is 19.0 Å². The minimum atomic E-state index is -4.46. The Hall–Kier alpha value is -3.96. The number of benzene rings is 3. The number of nitrogens with zero attached hydrogens (tertiary/aromatic N) is 2. The molecular formula is C30H35N5O5S. The molecule has 2 fully saturated rings. The number of nitrogens with two attached hydrogens (primary N) is 3. The standard InChI is InChI=1S/C30H35N5O5S/c31-29(32)34-22-9-5-6-19(16-22)18-30(33,41(39,40)23-13-12-20-7-1-2-8-21(20)17-23)28(38)35-15-14-25(27(36)37)24-10-3-4-11-26(24)35/h1-2,5-9,12-13,16-17,24-26H,3-4,10-11,14-15,18,33H2,(H,36,37)(H4,31,32,34)/t24?,25?,26?,30-/m1/s1. The molecular weight excluding hydrogens is 542 g/mol. The quantitative estimate of drug-likeness (QED) is 0.244. The summed E-state index contributed by atoms with van der Waals surface area (Å²) in [6.07, 6.45) is 2.88. The average Bonchev–Trinajstić information content (AvgIpc) is 2.95. The van der Waals surface area contributed by atoms with E-state index in [2.05, 4.69) is 4.99 Å². The zero-order chi connectivity index (χ0) is 29.4. The van der Waals surface area contributed by atoms with Crippen LogP contribution in [0.15, 0.2) is 76.6 Å². The van der Waals surface area contributed by atoms with Crippen LogP contribution in [0.2, 0.25) is 0 Å². The molecule has 11 heteroatoms. The van der Waals surface area contributed by atoms with Gasteiger partial charge >= 0.3 is 5.97 Å². The van der Waals surface area contributed by atoms with Crippen molar-refractivity contribution in [3.05, 3.63) is 72.3 Å². The number of sulfone groups is 1. The van der Waals surface area contributed by atoms with Crippen molar-refractivity contribution in [1.29, 1.82) is 0 Å². The summed E-state index contributed by atoms with van der Waals surface area (Å²) < 4.78 is 28.9. The normalized spacial score (nSPS) is 22.4. The van der Waals surface area contributed by atoms with E-state index in [1.54, 1.807) is 41.3 Å². The van der Waals surface area contributed by atoms with Gasteiger partial charge in [0.2, 0.25) is 14.7 Å². The number of aliphatic imine (C=N–C) groups is 1. The van der Waals surface area contributed by atoms with E-state index in [4.69, 9.17) is 17.2 Å². The summed E-state index contributed by atoms with van der Waals surface area (Å²) in [7, 11) is -4.46. The molecule has 1 heterocycles. The summed E-state index contributed by atoms with van der Waals surface area (Å²) in [5.74, 6) is -2.60. The molecule has 216 valence electrons. The third-order valence-corrected chi connectivity index (χ3v) is 10.6. The molecule has 3 unspecified atom stereocenters. The maximum absolute atomic E-state index is 14.5. The molecule has 0 spiro atoms. The van der Waals surface area contributed by atoms with Gasteiger partial charge in [-0.05, 0) is 65.8 Å². The van der Waals surface area contributed by atoms with Gasteiger partial charge in [0.15, 0.2) is 5.96 Å². The molecule has 0 bridgehead atoms. The number of aliphatic carboxylic acids is 1. The number of rotatable bonds is 7. The summed E-state index contributed by atoms with van der Waals surface area (Å²) in [5.41, 5.74) is 18.8. The predicted molar refractivity (Wildman–Crippen MR) is 157 cm³/mol. The number of fused-ring (bicyclic) bond motifs is 2. The number of carboxylic acids is 1. The maximum Gasteiger partial charge on any atom is 0.306 e.